The molecule has 6 heteroatoms. The lowest BCUT2D eigenvalue weighted by Gasteiger charge is -2.35. The molecule has 0 bridgehead atoms. The predicted molar refractivity (Wildman–Crippen MR) is 89.9 cm³/mol. The number of hydrogen-bond donors (Lipinski definition) is 0. The van der Waals surface area contributed by atoms with E-state index in [0.29, 0.717) is 17.5 Å². The molecule has 0 N–H and O–H groups in total. The lowest BCUT2D eigenvalue weighted by Crippen LogP contribution is -2.44. The molecule has 0 amide bonds. The molecule has 1 aromatic carbocycles. The predicted octanol–water partition coefficient (Wildman–Crippen LogP) is 2.21. The third-order valence-corrected chi connectivity index (χ3v) is 6.17. The SMILES string of the molecule is O=S(=O)(CCN1CCCC[C@@H]1Cn1cccn1)c1ccccc1. The van der Waals surface area contributed by atoms with Gasteiger partial charge in [0.1, 0.15) is 0 Å². The number of likely N-dealkylation sites (tertiary alicyclic amines) is 1. The second kappa shape index (κ2) is 7.27. The van der Waals surface area contributed by atoms with E-state index in [1.54, 1.807) is 30.5 Å². The van der Waals surface area contributed by atoms with E-state index < -0.39 is 9.84 Å². The first-order valence-corrected chi connectivity index (χ1v) is 9.80. The van der Waals surface area contributed by atoms with Gasteiger partial charge in [0.2, 0.25) is 0 Å². The zero-order chi connectivity index (χ0) is 16.1. The van der Waals surface area contributed by atoms with Crippen molar-refractivity contribution >= 4 is 9.84 Å². The minimum absolute atomic E-state index is 0.173. The summed E-state index contributed by atoms with van der Waals surface area (Å²) in [5.74, 6) is 0.173. The number of hydrogen-bond acceptors (Lipinski definition) is 4. The quantitative estimate of drug-likeness (QED) is 0.813. The van der Waals surface area contributed by atoms with Crippen molar-refractivity contribution in [3.8, 4) is 0 Å². The van der Waals surface area contributed by atoms with E-state index in [0.717, 1.165) is 25.9 Å². The molecule has 0 spiro atoms. The average molecular weight is 333 g/mol. The Labute approximate surface area is 137 Å². The van der Waals surface area contributed by atoms with Crippen molar-refractivity contribution < 1.29 is 8.42 Å². The summed E-state index contributed by atoms with van der Waals surface area (Å²) in [6.07, 6.45) is 7.20. The van der Waals surface area contributed by atoms with Crippen LogP contribution in [0.5, 0.6) is 0 Å². The Morgan fingerprint density at radius 1 is 1.13 bits per heavy atom. The number of benzene rings is 1. The minimum Gasteiger partial charge on any atom is -0.298 e. The molecule has 23 heavy (non-hydrogen) atoms. The summed E-state index contributed by atoms with van der Waals surface area (Å²) in [4.78, 5) is 2.73. The molecular formula is C17H23N3O2S. The molecule has 5 nitrogen and oxygen atoms in total. The minimum atomic E-state index is -3.21. The molecular weight excluding hydrogens is 310 g/mol. The van der Waals surface area contributed by atoms with Crippen LogP contribution in [-0.4, -0.2) is 48.0 Å². The molecule has 0 aliphatic carbocycles. The monoisotopic (exact) mass is 333 g/mol. The Morgan fingerprint density at radius 2 is 1.96 bits per heavy atom. The van der Waals surface area contributed by atoms with Crippen LogP contribution in [0.2, 0.25) is 0 Å². The van der Waals surface area contributed by atoms with Gasteiger partial charge in [-0.05, 0) is 37.6 Å². The van der Waals surface area contributed by atoms with Crippen molar-refractivity contribution in [2.45, 2.75) is 36.7 Å². The van der Waals surface area contributed by atoms with Gasteiger partial charge in [-0.2, -0.15) is 5.10 Å². The van der Waals surface area contributed by atoms with E-state index in [4.69, 9.17) is 0 Å². The van der Waals surface area contributed by atoms with Gasteiger partial charge in [-0.1, -0.05) is 24.6 Å². The Morgan fingerprint density at radius 3 is 2.70 bits per heavy atom. The summed E-state index contributed by atoms with van der Waals surface area (Å²) in [6, 6.07) is 11.0. The maximum absolute atomic E-state index is 12.5. The number of rotatable bonds is 6. The molecule has 1 fully saturated rings. The van der Waals surface area contributed by atoms with Crippen LogP contribution in [0.15, 0.2) is 53.7 Å². The van der Waals surface area contributed by atoms with Crippen molar-refractivity contribution in [3.05, 3.63) is 48.8 Å². The topological polar surface area (TPSA) is 55.2 Å². The number of nitrogens with zero attached hydrogens (tertiary/aromatic N) is 3. The molecule has 124 valence electrons. The van der Waals surface area contributed by atoms with Crippen LogP contribution in [0, 0.1) is 0 Å². The van der Waals surface area contributed by atoms with Crippen molar-refractivity contribution in [1.82, 2.24) is 14.7 Å². The van der Waals surface area contributed by atoms with Crippen molar-refractivity contribution in [1.29, 1.82) is 0 Å². The maximum Gasteiger partial charge on any atom is 0.179 e. The molecule has 1 aliphatic heterocycles. The van der Waals surface area contributed by atoms with Gasteiger partial charge in [0, 0.05) is 25.0 Å². The van der Waals surface area contributed by atoms with Gasteiger partial charge < -0.3 is 0 Å². The zero-order valence-corrected chi connectivity index (χ0v) is 14.0. The van der Waals surface area contributed by atoms with E-state index in [2.05, 4.69) is 10.00 Å². The van der Waals surface area contributed by atoms with Crippen molar-refractivity contribution in [2.24, 2.45) is 0 Å². The number of aromatic nitrogens is 2. The second-order valence-corrected chi connectivity index (χ2v) is 8.15. The highest BCUT2D eigenvalue weighted by atomic mass is 32.2. The van der Waals surface area contributed by atoms with Crippen LogP contribution in [0.1, 0.15) is 19.3 Å². The van der Waals surface area contributed by atoms with Crippen molar-refractivity contribution in [3.63, 3.8) is 0 Å². The highest BCUT2D eigenvalue weighted by Gasteiger charge is 2.25. The van der Waals surface area contributed by atoms with Gasteiger partial charge in [0.25, 0.3) is 0 Å². The standard InChI is InChI=1S/C17H23N3O2S/c21-23(22,17-8-2-1-3-9-17)14-13-19-11-5-4-7-16(19)15-20-12-6-10-18-20/h1-3,6,8-10,12,16H,4-5,7,11,13-15H2/t16-/m1/s1. The summed E-state index contributed by atoms with van der Waals surface area (Å²) in [7, 11) is -3.21. The van der Waals surface area contributed by atoms with Gasteiger partial charge >= 0.3 is 0 Å². The highest BCUT2D eigenvalue weighted by molar-refractivity contribution is 7.91. The van der Waals surface area contributed by atoms with Crippen LogP contribution < -0.4 is 0 Å². The average Bonchev–Trinajstić information content (AvgIpc) is 3.08. The van der Waals surface area contributed by atoms with Crippen LogP contribution in [0.3, 0.4) is 0 Å². The van der Waals surface area contributed by atoms with Crippen LogP contribution >= 0.6 is 0 Å². The van der Waals surface area contributed by atoms with Crippen LogP contribution in [0.4, 0.5) is 0 Å². The molecule has 1 atom stereocenters. The third-order valence-electron chi connectivity index (χ3n) is 4.46. The Bertz CT molecular complexity index is 699. The van der Waals surface area contributed by atoms with E-state index in [1.165, 1.54) is 6.42 Å². The van der Waals surface area contributed by atoms with E-state index in [9.17, 15) is 8.42 Å². The fraction of sp³-hybridized carbons (Fsp3) is 0.471. The smallest absolute Gasteiger partial charge is 0.179 e. The van der Waals surface area contributed by atoms with Gasteiger partial charge in [0.15, 0.2) is 9.84 Å². The van der Waals surface area contributed by atoms with E-state index in [-0.39, 0.29) is 5.75 Å². The Kier molecular flexibility index (Phi) is 5.13. The largest absolute Gasteiger partial charge is 0.298 e. The summed E-state index contributed by atoms with van der Waals surface area (Å²) < 4.78 is 26.8. The maximum atomic E-state index is 12.5. The summed E-state index contributed by atoms with van der Waals surface area (Å²) >= 11 is 0. The van der Waals surface area contributed by atoms with Crippen LogP contribution in [0.25, 0.3) is 0 Å². The molecule has 1 aromatic heterocycles. The summed E-state index contributed by atoms with van der Waals surface area (Å²) in [6.45, 7) is 2.39. The number of sulfone groups is 1. The summed E-state index contributed by atoms with van der Waals surface area (Å²) in [5.41, 5.74) is 0. The van der Waals surface area contributed by atoms with Gasteiger partial charge in [-0.15, -0.1) is 0 Å². The fourth-order valence-electron chi connectivity index (χ4n) is 3.17. The van der Waals surface area contributed by atoms with Crippen LogP contribution in [-0.2, 0) is 16.4 Å². The molecule has 0 saturated carbocycles. The van der Waals surface area contributed by atoms with E-state index in [1.807, 2.05) is 23.0 Å². The first-order valence-electron chi connectivity index (χ1n) is 8.14. The highest BCUT2D eigenvalue weighted by Crippen LogP contribution is 2.19. The normalized spacial score (nSPS) is 19.7. The van der Waals surface area contributed by atoms with Crippen molar-refractivity contribution in [2.75, 3.05) is 18.8 Å². The Hall–Kier alpha value is -1.66. The third kappa shape index (κ3) is 4.20. The molecule has 3 rings (SSSR count). The zero-order valence-electron chi connectivity index (χ0n) is 13.2. The molecule has 0 unspecified atom stereocenters. The second-order valence-electron chi connectivity index (χ2n) is 6.05. The van der Waals surface area contributed by atoms with Gasteiger partial charge in [0.05, 0.1) is 17.2 Å². The Balaban J connectivity index is 1.63. The molecule has 0 radical (unpaired) electrons. The lowest BCUT2D eigenvalue weighted by molar-refractivity contribution is 0.137. The first-order chi connectivity index (χ1) is 11.1. The van der Waals surface area contributed by atoms with E-state index >= 15 is 0 Å². The first kappa shape index (κ1) is 16.2. The molecule has 1 saturated heterocycles. The summed E-state index contributed by atoms with van der Waals surface area (Å²) in [5, 5.41) is 4.27. The molecule has 2 heterocycles. The van der Waals surface area contributed by atoms with Gasteiger partial charge in [-0.25, -0.2) is 8.42 Å². The van der Waals surface area contributed by atoms with Gasteiger partial charge in [-0.3, -0.25) is 9.58 Å². The fourth-order valence-corrected chi connectivity index (χ4v) is 4.45. The number of piperidine rings is 1. The lowest BCUT2D eigenvalue weighted by atomic mass is 10.0. The molecule has 1 aliphatic rings. The molecule has 2 aromatic rings.